The highest BCUT2D eigenvalue weighted by Gasteiger charge is 2.14. The van der Waals surface area contributed by atoms with E-state index in [1.54, 1.807) is 7.11 Å². The van der Waals surface area contributed by atoms with Crippen LogP contribution in [0.3, 0.4) is 0 Å². The second-order valence-corrected chi connectivity index (χ2v) is 5.09. The topological polar surface area (TPSA) is 71.7 Å². The minimum absolute atomic E-state index is 0.0860. The summed E-state index contributed by atoms with van der Waals surface area (Å²) < 4.78 is 6.76. The molecule has 0 saturated carbocycles. The van der Waals surface area contributed by atoms with E-state index in [1.807, 2.05) is 37.5 Å². The molecule has 2 aromatic rings. The SMILES string of the molecule is COCC(O)CNC(C)c1cnc2cc(C)nn2c1C. The van der Waals surface area contributed by atoms with Gasteiger partial charge in [0.1, 0.15) is 0 Å². The summed E-state index contributed by atoms with van der Waals surface area (Å²) in [6.45, 7) is 6.83. The summed E-state index contributed by atoms with van der Waals surface area (Å²) in [4.78, 5) is 4.42. The second kappa shape index (κ2) is 6.30. The van der Waals surface area contributed by atoms with Crippen LogP contribution in [0.25, 0.3) is 5.65 Å². The molecule has 0 aliphatic carbocycles. The second-order valence-electron chi connectivity index (χ2n) is 5.09. The molecule has 0 amide bonds. The molecule has 0 spiro atoms. The molecule has 2 atom stereocenters. The van der Waals surface area contributed by atoms with E-state index in [2.05, 4.69) is 15.4 Å². The molecule has 2 unspecified atom stereocenters. The molecule has 6 nitrogen and oxygen atoms in total. The third kappa shape index (κ3) is 3.15. The van der Waals surface area contributed by atoms with Crippen molar-refractivity contribution >= 4 is 5.65 Å². The van der Waals surface area contributed by atoms with Gasteiger partial charge in [-0.1, -0.05) is 0 Å². The third-order valence-electron chi connectivity index (χ3n) is 3.37. The Kier molecular flexibility index (Phi) is 4.69. The number of hydrogen-bond acceptors (Lipinski definition) is 5. The maximum atomic E-state index is 9.67. The number of aliphatic hydroxyl groups is 1. The van der Waals surface area contributed by atoms with Gasteiger partial charge in [-0.2, -0.15) is 5.10 Å². The van der Waals surface area contributed by atoms with Gasteiger partial charge >= 0.3 is 0 Å². The van der Waals surface area contributed by atoms with Gasteiger partial charge in [0.25, 0.3) is 0 Å². The van der Waals surface area contributed by atoms with Crippen LogP contribution in [0.5, 0.6) is 0 Å². The van der Waals surface area contributed by atoms with Crippen molar-refractivity contribution in [1.82, 2.24) is 19.9 Å². The zero-order valence-electron chi connectivity index (χ0n) is 12.4. The first-order valence-corrected chi connectivity index (χ1v) is 6.75. The lowest BCUT2D eigenvalue weighted by molar-refractivity contribution is 0.0630. The normalized spacial score (nSPS) is 14.7. The van der Waals surface area contributed by atoms with E-state index in [-0.39, 0.29) is 6.04 Å². The Hall–Kier alpha value is -1.50. The third-order valence-corrected chi connectivity index (χ3v) is 3.37. The Morgan fingerprint density at radius 1 is 1.45 bits per heavy atom. The summed E-state index contributed by atoms with van der Waals surface area (Å²) >= 11 is 0. The molecular weight excluding hydrogens is 256 g/mol. The highest BCUT2D eigenvalue weighted by molar-refractivity contribution is 5.42. The van der Waals surface area contributed by atoms with Gasteiger partial charge in [-0.05, 0) is 20.8 Å². The number of nitrogens with one attached hydrogen (secondary N) is 1. The van der Waals surface area contributed by atoms with E-state index in [0.717, 1.165) is 22.6 Å². The Balaban J connectivity index is 2.13. The Morgan fingerprint density at radius 3 is 2.90 bits per heavy atom. The van der Waals surface area contributed by atoms with Crippen LogP contribution < -0.4 is 5.32 Å². The van der Waals surface area contributed by atoms with Gasteiger partial charge in [-0.3, -0.25) is 0 Å². The summed E-state index contributed by atoms with van der Waals surface area (Å²) in [6, 6.07) is 2.04. The standard InChI is InChI=1S/C14H22N4O2/c1-9-5-14-16-7-13(11(3)18(14)17-9)10(2)15-6-12(19)8-20-4/h5,7,10,12,15,19H,6,8H2,1-4H3. The van der Waals surface area contributed by atoms with Crippen LogP contribution in [0.2, 0.25) is 0 Å². The number of aliphatic hydroxyl groups excluding tert-OH is 1. The first-order chi connectivity index (χ1) is 9.52. The van der Waals surface area contributed by atoms with Crippen LogP contribution in [0.15, 0.2) is 12.3 Å². The van der Waals surface area contributed by atoms with Crippen molar-refractivity contribution in [2.45, 2.75) is 32.9 Å². The number of aromatic nitrogens is 3. The number of fused-ring (bicyclic) bond motifs is 1. The van der Waals surface area contributed by atoms with Gasteiger partial charge in [0.2, 0.25) is 0 Å². The van der Waals surface area contributed by atoms with Crippen molar-refractivity contribution in [2.24, 2.45) is 0 Å². The van der Waals surface area contributed by atoms with Crippen molar-refractivity contribution in [1.29, 1.82) is 0 Å². The maximum Gasteiger partial charge on any atom is 0.155 e. The smallest absolute Gasteiger partial charge is 0.155 e. The molecule has 2 heterocycles. The number of methoxy groups -OCH3 is 1. The lowest BCUT2D eigenvalue weighted by Crippen LogP contribution is -2.32. The molecule has 0 aliphatic heterocycles. The van der Waals surface area contributed by atoms with E-state index in [9.17, 15) is 5.11 Å². The van der Waals surface area contributed by atoms with Crippen LogP contribution >= 0.6 is 0 Å². The molecule has 0 aromatic carbocycles. The van der Waals surface area contributed by atoms with Crippen molar-refractivity contribution in [3.05, 3.63) is 29.2 Å². The van der Waals surface area contributed by atoms with Crippen LogP contribution in [0.4, 0.5) is 0 Å². The summed E-state index contributed by atoms with van der Waals surface area (Å²) in [6.07, 6.45) is 1.36. The average molecular weight is 278 g/mol. The average Bonchev–Trinajstić information content (AvgIpc) is 2.78. The molecule has 20 heavy (non-hydrogen) atoms. The molecule has 110 valence electrons. The molecule has 2 aromatic heterocycles. The van der Waals surface area contributed by atoms with Crippen LogP contribution in [0.1, 0.15) is 29.9 Å². The number of ether oxygens (including phenoxy) is 1. The first-order valence-electron chi connectivity index (χ1n) is 6.75. The van der Waals surface area contributed by atoms with Gasteiger partial charge in [-0.25, -0.2) is 9.50 Å². The fourth-order valence-electron chi connectivity index (χ4n) is 2.28. The predicted octanol–water partition coefficient (Wildman–Crippen LogP) is 1.00. The maximum absolute atomic E-state index is 9.67. The Morgan fingerprint density at radius 2 is 2.20 bits per heavy atom. The lowest BCUT2D eigenvalue weighted by Gasteiger charge is -2.18. The number of rotatable bonds is 6. The monoisotopic (exact) mass is 278 g/mol. The number of aryl methyl sites for hydroxylation is 2. The van der Waals surface area contributed by atoms with E-state index >= 15 is 0 Å². The van der Waals surface area contributed by atoms with E-state index in [4.69, 9.17) is 4.74 Å². The zero-order valence-corrected chi connectivity index (χ0v) is 12.4. The van der Waals surface area contributed by atoms with Crippen LogP contribution in [-0.4, -0.2) is 46.1 Å². The minimum Gasteiger partial charge on any atom is -0.389 e. The summed E-state index contributed by atoms with van der Waals surface area (Å²) in [5.41, 5.74) is 3.94. The Labute approximate surface area is 118 Å². The molecule has 0 bridgehead atoms. The first kappa shape index (κ1) is 14.9. The van der Waals surface area contributed by atoms with Crippen LogP contribution in [0, 0.1) is 13.8 Å². The summed E-state index contributed by atoms with van der Waals surface area (Å²) in [7, 11) is 1.58. The van der Waals surface area contributed by atoms with Gasteiger partial charge in [-0.15, -0.1) is 0 Å². The van der Waals surface area contributed by atoms with Crippen molar-refractivity contribution in [2.75, 3.05) is 20.3 Å². The van der Waals surface area contributed by atoms with Crippen molar-refractivity contribution in [3.8, 4) is 0 Å². The van der Waals surface area contributed by atoms with Gasteiger partial charge in [0.15, 0.2) is 5.65 Å². The summed E-state index contributed by atoms with van der Waals surface area (Å²) in [5.74, 6) is 0. The fraction of sp³-hybridized carbons (Fsp3) is 0.571. The number of hydrogen-bond donors (Lipinski definition) is 2. The molecule has 6 heteroatoms. The predicted molar refractivity (Wildman–Crippen MR) is 76.8 cm³/mol. The fourth-order valence-corrected chi connectivity index (χ4v) is 2.28. The van der Waals surface area contributed by atoms with Crippen LogP contribution in [-0.2, 0) is 4.74 Å². The zero-order chi connectivity index (χ0) is 14.7. The van der Waals surface area contributed by atoms with E-state index < -0.39 is 6.10 Å². The summed E-state index contributed by atoms with van der Waals surface area (Å²) in [5, 5.41) is 17.4. The highest BCUT2D eigenvalue weighted by atomic mass is 16.5. The Bertz CT molecular complexity index is 582. The molecule has 2 rings (SSSR count). The molecular formula is C14H22N4O2. The molecule has 0 saturated heterocycles. The lowest BCUT2D eigenvalue weighted by atomic mass is 10.1. The highest BCUT2D eigenvalue weighted by Crippen LogP contribution is 2.17. The van der Waals surface area contributed by atoms with E-state index in [1.165, 1.54) is 0 Å². The number of nitrogens with zero attached hydrogens (tertiary/aromatic N) is 3. The minimum atomic E-state index is -0.508. The van der Waals surface area contributed by atoms with Gasteiger partial charge in [0, 0.05) is 43.2 Å². The van der Waals surface area contributed by atoms with Gasteiger partial charge < -0.3 is 15.2 Å². The molecule has 0 aliphatic rings. The molecule has 0 fully saturated rings. The van der Waals surface area contributed by atoms with Crippen molar-refractivity contribution in [3.63, 3.8) is 0 Å². The molecule has 0 radical (unpaired) electrons. The van der Waals surface area contributed by atoms with Crippen molar-refractivity contribution < 1.29 is 9.84 Å². The molecule has 2 N–H and O–H groups in total. The largest absolute Gasteiger partial charge is 0.389 e. The van der Waals surface area contributed by atoms with E-state index in [0.29, 0.717) is 13.2 Å². The van der Waals surface area contributed by atoms with Gasteiger partial charge in [0.05, 0.1) is 18.4 Å². The quantitative estimate of drug-likeness (QED) is 0.825.